The maximum atomic E-state index is 11.4. The number of hydrogen-bond acceptors (Lipinski definition) is 4. The SMILES string of the molecule is CCCCCC#Cc1nc2c(Br)cc(Br)c(C)n2c1NCC(=O)NO. The van der Waals surface area contributed by atoms with E-state index < -0.39 is 5.91 Å². The molecule has 134 valence electrons. The Hall–Kier alpha value is -1.56. The van der Waals surface area contributed by atoms with E-state index in [1.54, 1.807) is 5.48 Å². The van der Waals surface area contributed by atoms with Crippen LogP contribution in [0.2, 0.25) is 0 Å². The number of anilines is 1. The molecule has 2 rings (SSSR count). The van der Waals surface area contributed by atoms with Gasteiger partial charge in [-0.2, -0.15) is 0 Å². The van der Waals surface area contributed by atoms with Gasteiger partial charge in [-0.05, 0) is 57.2 Å². The zero-order chi connectivity index (χ0) is 18.4. The van der Waals surface area contributed by atoms with Crippen LogP contribution in [0.25, 0.3) is 5.65 Å². The molecule has 0 saturated carbocycles. The number of imidazole rings is 1. The molecule has 0 aliphatic heterocycles. The van der Waals surface area contributed by atoms with Crippen molar-refractivity contribution in [3.63, 3.8) is 0 Å². The molecule has 0 radical (unpaired) electrons. The summed E-state index contributed by atoms with van der Waals surface area (Å²) >= 11 is 7.04. The summed E-state index contributed by atoms with van der Waals surface area (Å²) in [4.78, 5) is 16.0. The maximum Gasteiger partial charge on any atom is 0.262 e. The number of pyridine rings is 1. The molecule has 0 saturated heterocycles. The molecule has 3 N–H and O–H groups in total. The number of halogens is 2. The van der Waals surface area contributed by atoms with E-state index in [9.17, 15) is 4.79 Å². The third-order valence-electron chi connectivity index (χ3n) is 3.68. The zero-order valence-corrected chi connectivity index (χ0v) is 17.3. The zero-order valence-electron chi connectivity index (χ0n) is 14.1. The van der Waals surface area contributed by atoms with E-state index >= 15 is 0 Å². The van der Waals surface area contributed by atoms with E-state index in [0.29, 0.717) is 17.2 Å². The molecule has 2 heterocycles. The Morgan fingerprint density at radius 1 is 1.36 bits per heavy atom. The number of hydrogen-bond donors (Lipinski definition) is 3. The molecule has 0 aliphatic carbocycles. The van der Waals surface area contributed by atoms with E-state index in [4.69, 9.17) is 5.21 Å². The van der Waals surface area contributed by atoms with E-state index in [1.165, 1.54) is 0 Å². The number of rotatable bonds is 6. The predicted octanol–water partition coefficient (Wildman–Crippen LogP) is 4.02. The largest absolute Gasteiger partial charge is 0.360 e. The highest BCUT2D eigenvalue weighted by Crippen LogP contribution is 2.30. The lowest BCUT2D eigenvalue weighted by Crippen LogP contribution is -2.27. The Kier molecular flexibility index (Phi) is 7.29. The van der Waals surface area contributed by atoms with Crippen molar-refractivity contribution in [1.29, 1.82) is 0 Å². The lowest BCUT2D eigenvalue weighted by molar-refractivity contribution is -0.127. The van der Waals surface area contributed by atoms with Gasteiger partial charge < -0.3 is 5.32 Å². The van der Waals surface area contributed by atoms with Gasteiger partial charge in [-0.15, -0.1) is 0 Å². The van der Waals surface area contributed by atoms with Gasteiger partial charge in [-0.25, -0.2) is 10.5 Å². The minimum atomic E-state index is -0.538. The summed E-state index contributed by atoms with van der Waals surface area (Å²) in [5, 5.41) is 11.7. The van der Waals surface area contributed by atoms with Gasteiger partial charge in [-0.1, -0.05) is 25.7 Å². The molecule has 0 atom stereocenters. The highest BCUT2D eigenvalue weighted by atomic mass is 79.9. The molecule has 25 heavy (non-hydrogen) atoms. The Balaban J connectivity index is 2.46. The Labute approximate surface area is 163 Å². The molecule has 2 aromatic rings. The molecule has 0 spiro atoms. The van der Waals surface area contributed by atoms with Crippen molar-refractivity contribution < 1.29 is 10.0 Å². The average molecular weight is 472 g/mol. The number of aryl methyl sites for hydroxylation is 1. The van der Waals surface area contributed by atoms with Crippen molar-refractivity contribution in [2.24, 2.45) is 0 Å². The Bertz CT molecular complexity index is 837. The third-order valence-corrected chi connectivity index (χ3v) is 5.07. The topological polar surface area (TPSA) is 78.7 Å². The van der Waals surface area contributed by atoms with Crippen molar-refractivity contribution in [2.45, 2.75) is 39.5 Å². The normalized spacial score (nSPS) is 10.4. The second kappa shape index (κ2) is 9.22. The maximum absolute atomic E-state index is 11.4. The van der Waals surface area contributed by atoms with Gasteiger partial charge in [0.05, 0.1) is 11.0 Å². The highest BCUT2D eigenvalue weighted by molar-refractivity contribution is 9.11. The fraction of sp³-hybridized carbons (Fsp3) is 0.412. The standard InChI is InChI=1S/C17H20Br2N4O2/c1-3-4-5-6-7-8-14-17(20-10-15(24)22-25)23-11(2)12(18)9-13(19)16(23)21-14/h9,20,25H,3-6,10H2,1-2H3,(H,22,24). The number of carbonyl (C=O) groups is 1. The average Bonchev–Trinajstić information content (AvgIpc) is 2.96. The van der Waals surface area contributed by atoms with Crippen LogP contribution >= 0.6 is 31.9 Å². The molecule has 0 bridgehead atoms. The molecular formula is C17H20Br2N4O2. The van der Waals surface area contributed by atoms with Crippen LogP contribution in [0.3, 0.4) is 0 Å². The van der Waals surface area contributed by atoms with Gasteiger partial charge in [0, 0.05) is 16.6 Å². The van der Waals surface area contributed by atoms with Crippen molar-refractivity contribution >= 4 is 49.2 Å². The van der Waals surface area contributed by atoms with Crippen LogP contribution in [0.4, 0.5) is 5.82 Å². The van der Waals surface area contributed by atoms with Crippen LogP contribution in [-0.4, -0.2) is 27.0 Å². The molecule has 6 nitrogen and oxygen atoms in total. The monoisotopic (exact) mass is 470 g/mol. The molecular weight excluding hydrogens is 452 g/mol. The first-order valence-corrected chi connectivity index (χ1v) is 9.60. The molecule has 0 aromatic carbocycles. The second-order valence-corrected chi connectivity index (χ2v) is 7.25. The lowest BCUT2D eigenvalue weighted by Gasteiger charge is -2.10. The summed E-state index contributed by atoms with van der Waals surface area (Å²) in [6.45, 7) is 4.02. The van der Waals surface area contributed by atoms with Crippen molar-refractivity contribution in [3.8, 4) is 11.8 Å². The van der Waals surface area contributed by atoms with E-state index in [-0.39, 0.29) is 6.54 Å². The number of nitrogens with one attached hydrogen (secondary N) is 2. The van der Waals surface area contributed by atoms with Crippen LogP contribution in [0.1, 0.15) is 44.0 Å². The van der Waals surface area contributed by atoms with Crippen LogP contribution in [0.15, 0.2) is 15.0 Å². The number of fused-ring (bicyclic) bond motifs is 1. The van der Waals surface area contributed by atoms with Crippen molar-refractivity contribution in [3.05, 3.63) is 26.4 Å². The summed E-state index contributed by atoms with van der Waals surface area (Å²) in [5.74, 6) is 6.34. The summed E-state index contributed by atoms with van der Waals surface area (Å²) in [7, 11) is 0. The van der Waals surface area contributed by atoms with Gasteiger partial charge in [0.15, 0.2) is 11.3 Å². The molecule has 1 amide bonds. The number of carbonyl (C=O) groups excluding carboxylic acids is 1. The number of aromatic nitrogens is 2. The number of hydroxylamine groups is 1. The summed E-state index contributed by atoms with van der Waals surface area (Å²) in [6, 6.07) is 1.93. The third kappa shape index (κ3) is 4.75. The molecule has 8 heteroatoms. The van der Waals surface area contributed by atoms with Crippen LogP contribution in [0.5, 0.6) is 0 Å². The van der Waals surface area contributed by atoms with Gasteiger partial charge >= 0.3 is 0 Å². The summed E-state index contributed by atoms with van der Waals surface area (Å²) < 4.78 is 3.62. The Morgan fingerprint density at radius 2 is 2.12 bits per heavy atom. The first-order chi connectivity index (χ1) is 12.0. The van der Waals surface area contributed by atoms with Gasteiger partial charge in [0.25, 0.3) is 5.91 Å². The lowest BCUT2D eigenvalue weighted by atomic mass is 10.2. The van der Waals surface area contributed by atoms with Gasteiger partial charge in [0.2, 0.25) is 0 Å². The summed E-state index contributed by atoms with van der Waals surface area (Å²) in [5.41, 5.74) is 3.83. The van der Waals surface area contributed by atoms with Crippen LogP contribution in [0, 0.1) is 18.8 Å². The summed E-state index contributed by atoms with van der Waals surface area (Å²) in [6.07, 6.45) is 4.17. The van der Waals surface area contributed by atoms with E-state index in [0.717, 1.165) is 40.3 Å². The Morgan fingerprint density at radius 3 is 2.80 bits per heavy atom. The second-order valence-electron chi connectivity index (χ2n) is 5.54. The quantitative estimate of drug-likeness (QED) is 0.257. The van der Waals surface area contributed by atoms with Crippen LogP contribution < -0.4 is 10.8 Å². The van der Waals surface area contributed by atoms with Crippen molar-refractivity contribution in [1.82, 2.24) is 14.9 Å². The molecule has 0 unspecified atom stereocenters. The van der Waals surface area contributed by atoms with E-state index in [1.807, 2.05) is 17.4 Å². The minimum absolute atomic E-state index is 0.0849. The number of unbranched alkanes of at least 4 members (excludes halogenated alkanes) is 3. The van der Waals surface area contributed by atoms with Crippen molar-refractivity contribution in [2.75, 3.05) is 11.9 Å². The molecule has 0 fully saturated rings. The van der Waals surface area contributed by atoms with Gasteiger partial charge in [0.1, 0.15) is 5.82 Å². The number of nitrogens with zero attached hydrogens (tertiary/aromatic N) is 2. The van der Waals surface area contributed by atoms with Crippen LogP contribution in [-0.2, 0) is 4.79 Å². The smallest absolute Gasteiger partial charge is 0.262 e. The first kappa shape index (κ1) is 19.8. The fourth-order valence-corrected chi connectivity index (χ4v) is 3.57. The van der Waals surface area contributed by atoms with Gasteiger partial charge in [-0.3, -0.25) is 14.4 Å². The number of amides is 1. The fourth-order valence-electron chi connectivity index (χ4n) is 2.36. The van der Waals surface area contributed by atoms with E-state index in [2.05, 4.69) is 60.9 Å². The predicted molar refractivity (Wildman–Crippen MR) is 105 cm³/mol. The molecule has 2 aromatic heterocycles. The first-order valence-electron chi connectivity index (χ1n) is 8.02. The highest BCUT2D eigenvalue weighted by Gasteiger charge is 2.17. The minimum Gasteiger partial charge on any atom is -0.360 e. The molecule has 0 aliphatic rings.